The minimum Gasteiger partial charge on any atom is -0.351 e. The Labute approximate surface area is 159 Å². The smallest absolute Gasteiger partial charge is 0.319 e. The van der Waals surface area contributed by atoms with Gasteiger partial charge in [0.15, 0.2) is 0 Å². The lowest BCUT2D eigenvalue weighted by atomic mass is 10.3. The van der Waals surface area contributed by atoms with Gasteiger partial charge in [-0.25, -0.2) is 4.79 Å². The van der Waals surface area contributed by atoms with Crippen molar-refractivity contribution in [3.8, 4) is 5.69 Å². The molecule has 3 N–H and O–H groups in total. The SMILES string of the molecule is O=C(NCCNc1nnnn1-c1ccccc1)Nc1ccc(Cl)c(Cl)c1. The van der Waals surface area contributed by atoms with Crippen LogP contribution >= 0.6 is 23.2 Å². The highest BCUT2D eigenvalue weighted by atomic mass is 35.5. The third-order valence-corrected chi connectivity index (χ3v) is 4.08. The van der Waals surface area contributed by atoms with E-state index in [1.165, 1.54) is 0 Å². The fraction of sp³-hybridized carbons (Fsp3) is 0.125. The molecule has 0 aliphatic carbocycles. The molecule has 26 heavy (non-hydrogen) atoms. The van der Waals surface area contributed by atoms with Gasteiger partial charge in [-0.2, -0.15) is 4.68 Å². The molecule has 0 aliphatic rings. The van der Waals surface area contributed by atoms with E-state index in [1.807, 2.05) is 30.3 Å². The Kier molecular flexibility index (Phi) is 5.88. The fourth-order valence-electron chi connectivity index (χ4n) is 2.14. The zero-order valence-corrected chi connectivity index (χ0v) is 15.0. The van der Waals surface area contributed by atoms with Crippen molar-refractivity contribution in [1.82, 2.24) is 25.5 Å². The molecule has 0 radical (unpaired) electrons. The molecule has 3 aromatic rings. The molecule has 0 saturated carbocycles. The van der Waals surface area contributed by atoms with Crippen LogP contribution in [0.4, 0.5) is 16.4 Å². The number of halogens is 2. The number of nitrogens with one attached hydrogen (secondary N) is 3. The number of aromatic nitrogens is 4. The van der Waals surface area contributed by atoms with Crippen LogP contribution in [0.15, 0.2) is 48.5 Å². The van der Waals surface area contributed by atoms with E-state index in [0.29, 0.717) is 34.8 Å². The monoisotopic (exact) mass is 391 g/mol. The second kappa shape index (κ2) is 8.50. The second-order valence-corrected chi connectivity index (χ2v) is 6.00. The predicted octanol–water partition coefficient (Wildman–Crippen LogP) is 3.20. The van der Waals surface area contributed by atoms with Crippen molar-refractivity contribution < 1.29 is 4.79 Å². The summed E-state index contributed by atoms with van der Waals surface area (Å²) in [6.45, 7) is 0.816. The van der Waals surface area contributed by atoms with Crippen molar-refractivity contribution in [1.29, 1.82) is 0 Å². The van der Waals surface area contributed by atoms with E-state index in [9.17, 15) is 4.79 Å². The number of urea groups is 1. The molecular weight excluding hydrogens is 377 g/mol. The Bertz CT molecular complexity index is 885. The third-order valence-electron chi connectivity index (χ3n) is 3.34. The highest BCUT2D eigenvalue weighted by Crippen LogP contribution is 2.24. The normalized spacial score (nSPS) is 10.4. The summed E-state index contributed by atoms with van der Waals surface area (Å²) in [6.07, 6.45) is 0. The molecular formula is C16H15Cl2N7O. The Hall–Kier alpha value is -2.84. The maximum absolute atomic E-state index is 11.9. The topological polar surface area (TPSA) is 96.8 Å². The summed E-state index contributed by atoms with van der Waals surface area (Å²) in [5.41, 5.74) is 1.39. The summed E-state index contributed by atoms with van der Waals surface area (Å²) in [5, 5.41) is 20.8. The van der Waals surface area contributed by atoms with Gasteiger partial charge in [-0.15, -0.1) is 0 Å². The van der Waals surface area contributed by atoms with Crippen LogP contribution in [-0.2, 0) is 0 Å². The average Bonchev–Trinajstić information content (AvgIpc) is 3.11. The summed E-state index contributed by atoms with van der Waals surface area (Å²) >= 11 is 11.8. The molecule has 0 aliphatic heterocycles. The van der Waals surface area contributed by atoms with Crippen molar-refractivity contribution in [3.05, 3.63) is 58.6 Å². The van der Waals surface area contributed by atoms with Crippen molar-refractivity contribution in [2.24, 2.45) is 0 Å². The molecule has 0 spiro atoms. The highest BCUT2D eigenvalue weighted by molar-refractivity contribution is 6.42. The van der Waals surface area contributed by atoms with Gasteiger partial charge in [-0.3, -0.25) is 0 Å². The average molecular weight is 392 g/mol. The number of para-hydroxylation sites is 1. The first-order chi connectivity index (χ1) is 12.6. The van der Waals surface area contributed by atoms with Gasteiger partial charge in [0.2, 0.25) is 5.95 Å². The maximum atomic E-state index is 11.9. The van der Waals surface area contributed by atoms with E-state index >= 15 is 0 Å². The molecule has 3 rings (SSSR count). The van der Waals surface area contributed by atoms with E-state index in [-0.39, 0.29) is 6.03 Å². The molecule has 0 unspecified atom stereocenters. The van der Waals surface area contributed by atoms with Gasteiger partial charge >= 0.3 is 6.03 Å². The molecule has 8 nitrogen and oxygen atoms in total. The number of hydrogen-bond donors (Lipinski definition) is 3. The number of hydrogen-bond acceptors (Lipinski definition) is 5. The van der Waals surface area contributed by atoms with Crippen molar-refractivity contribution >= 4 is 40.9 Å². The number of carbonyl (C=O) groups excluding carboxylic acids is 1. The lowest BCUT2D eigenvalue weighted by Crippen LogP contribution is -2.32. The molecule has 2 aromatic carbocycles. The Morgan fingerprint density at radius 2 is 1.85 bits per heavy atom. The number of benzene rings is 2. The number of carbonyl (C=O) groups is 1. The second-order valence-electron chi connectivity index (χ2n) is 5.19. The maximum Gasteiger partial charge on any atom is 0.319 e. The van der Waals surface area contributed by atoms with Gasteiger partial charge in [-0.05, 0) is 40.8 Å². The first kappa shape index (κ1) is 18.0. The van der Waals surface area contributed by atoms with Crippen LogP contribution in [0.5, 0.6) is 0 Å². The van der Waals surface area contributed by atoms with Crippen LogP contribution in [0.3, 0.4) is 0 Å². The fourth-order valence-corrected chi connectivity index (χ4v) is 2.44. The number of anilines is 2. The Balaban J connectivity index is 1.47. The molecule has 0 atom stereocenters. The lowest BCUT2D eigenvalue weighted by molar-refractivity contribution is 0.252. The molecule has 0 saturated heterocycles. The largest absolute Gasteiger partial charge is 0.351 e. The number of nitrogens with zero attached hydrogens (tertiary/aromatic N) is 4. The van der Waals surface area contributed by atoms with E-state index < -0.39 is 0 Å². The molecule has 10 heteroatoms. The number of tetrazole rings is 1. The van der Waals surface area contributed by atoms with Gasteiger partial charge in [0.25, 0.3) is 0 Å². The predicted molar refractivity (Wildman–Crippen MR) is 101 cm³/mol. The van der Waals surface area contributed by atoms with Gasteiger partial charge < -0.3 is 16.0 Å². The zero-order chi connectivity index (χ0) is 18.4. The summed E-state index contributed by atoms with van der Waals surface area (Å²) in [4.78, 5) is 11.9. The van der Waals surface area contributed by atoms with Gasteiger partial charge in [0.1, 0.15) is 0 Å². The standard InChI is InChI=1S/C16H15Cl2N7O/c17-13-7-6-11(10-14(13)18)21-16(26)20-9-8-19-15-22-23-24-25(15)12-4-2-1-3-5-12/h1-7,10H,8-9H2,(H,19,22,24)(H2,20,21,26). The number of amides is 2. The van der Waals surface area contributed by atoms with Crippen LogP contribution in [0.2, 0.25) is 10.0 Å². The summed E-state index contributed by atoms with van der Waals surface area (Å²) < 4.78 is 1.58. The third kappa shape index (κ3) is 4.62. The first-order valence-electron chi connectivity index (χ1n) is 7.71. The minimum atomic E-state index is -0.354. The highest BCUT2D eigenvalue weighted by Gasteiger charge is 2.07. The van der Waals surface area contributed by atoms with Crippen LogP contribution in [0, 0.1) is 0 Å². The summed E-state index contributed by atoms with van der Waals surface area (Å²) in [6, 6.07) is 14.0. The molecule has 0 bridgehead atoms. The summed E-state index contributed by atoms with van der Waals surface area (Å²) in [7, 11) is 0. The molecule has 2 amide bonds. The lowest BCUT2D eigenvalue weighted by Gasteiger charge is -2.09. The minimum absolute atomic E-state index is 0.354. The number of rotatable bonds is 6. The quantitative estimate of drug-likeness (QED) is 0.560. The Morgan fingerprint density at radius 1 is 1.04 bits per heavy atom. The molecule has 1 aromatic heterocycles. The van der Waals surface area contributed by atoms with Crippen LogP contribution in [0.1, 0.15) is 0 Å². The zero-order valence-electron chi connectivity index (χ0n) is 13.5. The molecule has 1 heterocycles. The first-order valence-corrected chi connectivity index (χ1v) is 8.46. The van der Waals surface area contributed by atoms with Crippen molar-refractivity contribution in [3.63, 3.8) is 0 Å². The van der Waals surface area contributed by atoms with Crippen LogP contribution in [0.25, 0.3) is 5.69 Å². The van der Waals surface area contributed by atoms with Gasteiger partial charge in [0, 0.05) is 18.8 Å². The molecule has 134 valence electrons. The van der Waals surface area contributed by atoms with Gasteiger partial charge in [-0.1, -0.05) is 46.5 Å². The van der Waals surface area contributed by atoms with Crippen LogP contribution in [-0.4, -0.2) is 39.3 Å². The van der Waals surface area contributed by atoms with Crippen LogP contribution < -0.4 is 16.0 Å². The van der Waals surface area contributed by atoms with Gasteiger partial charge in [0.05, 0.1) is 15.7 Å². The molecule has 0 fully saturated rings. The van der Waals surface area contributed by atoms with E-state index in [2.05, 4.69) is 31.5 Å². The van der Waals surface area contributed by atoms with Crippen molar-refractivity contribution in [2.75, 3.05) is 23.7 Å². The van der Waals surface area contributed by atoms with E-state index in [4.69, 9.17) is 23.2 Å². The van der Waals surface area contributed by atoms with E-state index in [1.54, 1.807) is 22.9 Å². The van der Waals surface area contributed by atoms with Crippen molar-refractivity contribution in [2.45, 2.75) is 0 Å². The summed E-state index contributed by atoms with van der Waals surface area (Å²) in [5.74, 6) is 0.489. The Morgan fingerprint density at radius 3 is 2.62 bits per heavy atom. The van der Waals surface area contributed by atoms with E-state index in [0.717, 1.165) is 5.69 Å².